The number of aryl methyl sites for hydroxylation is 3. The second kappa shape index (κ2) is 9.43. The van der Waals surface area contributed by atoms with Gasteiger partial charge in [0.1, 0.15) is 0 Å². The summed E-state index contributed by atoms with van der Waals surface area (Å²) in [6.45, 7) is 10.7. The maximum absolute atomic E-state index is 12.9. The van der Waals surface area contributed by atoms with E-state index in [0.29, 0.717) is 18.4 Å². The zero-order valence-corrected chi connectivity index (χ0v) is 19.3. The Morgan fingerprint density at radius 3 is 2.30 bits per heavy atom. The summed E-state index contributed by atoms with van der Waals surface area (Å²) < 4.78 is 1.77. The quantitative estimate of drug-likeness (QED) is 0.759. The number of piperidine rings is 1. The lowest BCUT2D eigenvalue weighted by molar-refractivity contribution is -0.131. The summed E-state index contributed by atoms with van der Waals surface area (Å²) in [5, 5.41) is 8.31. The largest absolute Gasteiger partial charge is 0.342 e. The van der Waals surface area contributed by atoms with E-state index >= 15 is 0 Å². The van der Waals surface area contributed by atoms with Crippen molar-refractivity contribution in [3.63, 3.8) is 0 Å². The lowest BCUT2D eigenvalue weighted by Gasteiger charge is -2.32. The van der Waals surface area contributed by atoms with Crippen LogP contribution in [-0.4, -0.2) is 56.2 Å². The molecule has 30 heavy (non-hydrogen) atoms. The molecule has 0 bridgehead atoms. The third-order valence-electron chi connectivity index (χ3n) is 6.17. The van der Waals surface area contributed by atoms with Crippen LogP contribution >= 0.6 is 12.4 Å². The van der Waals surface area contributed by atoms with E-state index in [-0.39, 0.29) is 18.3 Å². The topological polar surface area (TPSA) is 75.9 Å². The predicted octanol–water partition coefficient (Wildman–Crippen LogP) is 2.85. The third-order valence-corrected chi connectivity index (χ3v) is 6.17. The van der Waals surface area contributed by atoms with Crippen molar-refractivity contribution in [1.82, 2.24) is 30.0 Å². The smallest absolute Gasteiger partial charge is 0.251 e. The van der Waals surface area contributed by atoms with Gasteiger partial charge in [-0.05, 0) is 71.9 Å². The standard InChI is InChI=1S/C22H32N6O.ClH/c1-14-11-15(2)25-22(24-14)28-17(4)20(16(3)26-28)12-21(29)27-9-7-19(8-10-27)23-13-18-5-6-18;/h11,18-19,23H,5-10,12-13H2,1-4H3;1H. The summed E-state index contributed by atoms with van der Waals surface area (Å²) in [4.78, 5) is 24.0. The molecule has 1 N–H and O–H groups in total. The van der Waals surface area contributed by atoms with E-state index in [1.807, 2.05) is 38.7 Å². The maximum Gasteiger partial charge on any atom is 0.251 e. The Morgan fingerprint density at radius 1 is 1.07 bits per heavy atom. The van der Waals surface area contributed by atoms with Gasteiger partial charge in [-0.3, -0.25) is 4.79 Å². The second-order valence-electron chi connectivity index (χ2n) is 8.70. The SMILES string of the molecule is Cc1cc(C)nc(-n2nc(C)c(CC(=O)N3CCC(NCC4CC4)CC3)c2C)n1.Cl. The van der Waals surface area contributed by atoms with Crippen LogP contribution in [0.4, 0.5) is 0 Å². The van der Waals surface area contributed by atoms with Crippen molar-refractivity contribution in [2.24, 2.45) is 5.92 Å². The Labute approximate surface area is 185 Å². The molecule has 0 aromatic carbocycles. The molecule has 7 nitrogen and oxygen atoms in total. The molecular weight excluding hydrogens is 400 g/mol. The monoisotopic (exact) mass is 432 g/mol. The summed E-state index contributed by atoms with van der Waals surface area (Å²) in [6, 6.07) is 2.51. The number of halogens is 1. The Kier molecular flexibility index (Phi) is 7.14. The number of nitrogens with zero attached hydrogens (tertiary/aromatic N) is 5. The summed E-state index contributed by atoms with van der Waals surface area (Å²) in [5.74, 6) is 1.67. The number of hydrogen-bond donors (Lipinski definition) is 1. The molecule has 1 aliphatic heterocycles. The van der Waals surface area contributed by atoms with Crippen molar-refractivity contribution in [3.05, 3.63) is 34.4 Å². The van der Waals surface area contributed by atoms with Gasteiger partial charge >= 0.3 is 0 Å². The molecule has 0 unspecified atom stereocenters. The number of rotatable bonds is 6. The van der Waals surface area contributed by atoms with Crippen LogP contribution in [0, 0.1) is 33.6 Å². The Bertz CT molecular complexity index is 879. The first-order valence-electron chi connectivity index (χ1n) is 10.8. The molecular formula is C22H33ClN6O. The van der Waals surface area contributed by atoms with Gasteiger partial charge in [0.2, 0.25) is 5.91 Å². The van der Waals surface area contributed by atoms with Crippen molar-refractivity contribution >= 4 is 18.3 Å². The first-order chi connectivity index (χ1) is 13.9. The average molecular weight is 433 g/mol. The Morgan fingerprint density at radius 2 is 1.70 bits per heavy atom. The van der Waals surface area contributed by atoms with Crippen LogP contribution in [0.25, 0.3) is 5.95 Å². The van der Waals surface area contributed by atoms with E-state index in [1.54, 1.807) is 4.68 Å². The van der Waals surface area contributed by atoms with Gasteiger partial charge in [0.15, 0.2) is 0 Å². The van der Waals surface area contributed by atoms with E-state index in [4.69, 9.17) is 0 Å². The van der Waals surface area contributed by atoms with Crippen molar-refractivity contribution in [2.45, 2.75) is 65.8 Å². The highest BCUT2D eigenvalue weighted by Gasteiger charge is 2.27. The molecule has 2 fully saturated rings. The number of aromatic nitrogens is 4. The molecule has 0 atom stereocenters. The summed E-state index contributed by atoms with van der Waals surface area (Å²) in [5.41, 5.74) is 4.64. The van der Waals surface area contributed by atoms with Gasteiger partial charge in [0, 0.05) is 41.8 Å². The van der Waals surface area contributed by atoms with E-state index < -0.39 is 0 Å². The molecule has 2 aliphatic rings. The minimum absolute atomic E-state index is 0. The van der Waals surface area contributed by atoms with Gasteiger partial charge in [-0.1, -0.05) is 0 Å². The van der Waals surface area contributed by atoms with Gasteiger partial charge in [0.25, 0.3) is 5.95 Å². The van der Waals surface area contributed by atoms with Crippen molar-refractivity contribution in [1.29, 1.82) is 0 Å². The van der Waals surface area contributed by atoms with Crippen molar-refractivity contribution in [3.8, 4) is 5.95 Å². The molecule has 0 radical (unpaired) electrons. The van der Waals surface area contributed by atoms with Crippen molar-refractivity contribution in [2.75, 3.05) is 19.6 Å². The van der Waals surface area contributed by atoms with Gasteiger partial charge in [-0.2, -0.15) is 5.10 Å². The molecule has 164 valence electrons. The zero-order valence-electron chi connectivity index (χ0n) is 18.4. The minimum Gasteiger partial charge on any atom is -0.342 e. The lowest BCUT2D eigenvalue weighted by Crippen LogP contribution is -2.45. The van der Waals surface area contributed by atoms with Gasteiger partial charge in [-0.25, -0.2) is 14.6 Å². The predicted molar refractivity (Wildman–Crippen MR) is 119 cm³/mol. The van der Waals surface area contributed by atoms with Crippen LogP contribution in [-0.2, 0) is 11.2 Å². The fourth-order valence-electron chi connectivity index (χ4n) is 4.18. The highest BCUT2D eigenvalue weighted by Crippen LogP contribution is 2.28. The lowest BCUT2D eigenvalue weighted by atomic mass is 10.0. The number of carbonyl (C=O) groups is 1. The van der Waals surface area contributed by atoms with Crippen LogP contribution in [0.3, 0.4) is 0 Å². The van der Waals surface area contributed by atoms with E-state index in [0.717, 1.165) is 66.7 Å². The molecule has 1 amide bonds. The second-order valence-corrected chi connectivity index (χ2v) is 8.70. The normalized spacial score (nSPS) is 17.1. The van der Waals surface area contributed by atoms with Gasteiger partial charge in [-0.15, -0.1) is 12.4 Å². The molecule has 8 heteroatoms. The van der Waals surface area contributed by atoms with Crippen molar-refractivity contribution < 1.29 is 4.79 Å². The number of nitrogens with one attached hydrogen (secondary N) is 1. The number of hydrogen-bond acceptors (Lipinski definition) is 5. The molecule has 3 heterocycles. The number of carbonyl (C=O) groups excluding carboxylic acids is 1. The fraction of sp³-hybridized carbons (Fsp3) is 0.636. The van der Waals surface area contributed by atoms with E-state index in [9.17, 15) is 4.79 Å². The highest BCUT2D eigenvalue weighted by atomic mass is 35.5. The van der Waals surface area contributed by atoms with Crippen LogP contribution in [0.2, 0.25) is 0 Å². The first kappa shape index (κ1) is 22.7. The van der Waals surface area contributed by atoms with Crippen LogP contribution < -0.4 is 5.32 Å². The molecule has 1 saturated carbocycles. The summed E-state index contributed by atoms with van der Waals surface area (Å²) >= 11 is 0. The highest BCUT2D eigenvalue weighted by molar-refractivity contribution is 5.85. The molecule has 0 spiro atoms. The molecule has 1 aliphatic carbocycles. The van der Waals surface area contributed by atoms with E-state index in [2.05, 4.69) is 20.4 Å². The number of amides is 1. The van der Waals surface area contributed by atoms with E-state index in [1.165, 1.54) is 12.8 Å². The molecule has 2 aromatic heterocycles. The summed E-state index contributed by atoms with van der Waals surface area (Å²) in [7, 11) is 0. The van der Waals surface area contributed by atoms with Gasteiger partial charge in [0.05, 0.1) is 12.1 Å². The number of likely N-dealkylation sites (tertiary alicyclic amines) is 1. The Balaban J connectivity index is 0.00000256. The third kappa shape index (κ3) is 5.19. The first-order valence-corrected chi connectivity index (χ1v) is 10.8. The molecule has 2 aromatic rings. The average Bonchev–Trinajstić information content (AvgIpc) is 3.47. The molecule has 1 saturated heterocycles. The molecule has 4 rings (SSSR count). The minimum atomic E-state index is 0. The van der Waals surface area contributed by atoms with Gasteiger partial charge < -0.3 is 10.2 Å². The van der Waals surface area contributed by atoms with Crippen LogP contribution in [0.5, 0.6) is 0 Å². The van der Waals surface area contributed by atoms with Crippen LogP contribution in [0.1, 0.15) is 54.0 Å². The van der Waals surface area contributed by atoms with Crippen LogP contribution in [0.15, 0.2) is 6.07 Å². The Hall–Kier alpha value is -1.99. The fourth-order valence-corrected chi connectivity index (χ4v) is 4.18. The zero-order chi connectivity index (χ0) is 20.5. The maximum atomic E-state index is 12.9. The summed E-state index contributed by atoms with van der Waals surface area (Å²) in [6.07, 6.45) is 5.24.